The quantitative estimate of drug-likeness (QED) is 0.737. The molecular formula is C16H18O3. The summed E-state index contributed by atoms with van der Waals surface area (Å²) in [6.45, 7) is 4.01. The standard InChI is InChI=1S/C16H18O3/c1-3-10-8-11(4-2)15(18)13(9-10)12-6-5-7-14(17)16(12)19/h5-9,17-19H,3-4H2,1-2H3. The predicted octanol–water partition coefficient (Wildman–Crippen LogP) is 3.60. The van der Waals surface area contributed by atoms with Gasteiger partial charge in [0.2, 0.25) is 0 Å². The first-order chi connectivity index (χ1) is 9.08. The normalized spacial score (nSPS) is 10.6. The Morgan fingerprint density at radius 1 is 0.842 bits per heavy atom. The summed E-state index contributed by atoms with van der Waals surface area (Å²) in [5, 5.41) is 29.8. The largest absolute Gasteiger partial charge is 0.507 e. The third-order valence-corrected chi connectivity index (χ3v) is 3.34. The van der Waals surface area contributed by atoms with E-state index in [1.807, 2.05) is 26.0 Å². The van der Waals surface area contributed by atoms with Crippen molar-refractivity contribution in [3.05, 3.63) is 41.5 Å². The van der Waals surface area contributed by atoms with Crippen LogP contribution in [0, 0.1) is 0 Å². The Morgan fingerprint density at radius 3 is 2.21 bits per heavy atom. The average molecular weight is 258 g/mol. The van der Waals surface area contributed by atoms with Crippen molar-refractivity contribution >= 4 is 0 Å². The molecule has 0 fully saturated rings. The zero-order chi connectivity index (χ0) is 14.0. The molecule has 19 heavy (non-hydrogen) atoms. The number of benzene rings is 2. The number of phenols is 3. The average Bonchev–Trinajstić information content (AvgIpc) is 2.42. The van der Waals surface area contributed by atoms with Crippen molar-refractivity contribution in [2.45, 2.75) is 26.7 Å². The van der Waals surface area contributed by atoms with Crippen LogP contribution in [0.1, 0.15) is 25.0 Å². The van der Waals surface area contributed by atoms with Crippen LogP contribution >= 0.6 is 0 Å². The summed E-state index contributed by atoms with van der Waals surface area (Å²) in [5.41, 5.74) is 2.94. The van der Waals surface area contributed by atoms with Crippen molar-refractivity contribution in [3.63, 3.8) is 0 Å². The lowest BCUT2D eigenvalue weighted by molar-refractivity contribution is 0.404. The van der Waals surface area contributed by atoms with Crippen LogP contribution in [0.4, 0.5) is 0 Å². The van der Waals surface area contributed by atoms with Crippen LogP contribution in [0.15, 0.2) is 30.3 Å². The second-order valence-electron chi connectivity index (χ2n) is 4.53. The first kappa shape index (κ1) is 13.3. The fourth-order valence-electron chi connectivity index (χ4n) is 2.19. The van der Waals surface area contributed by atoms with E-state index in [0.717, 1.165) is 17.5 Å². The predicted molar refractivity (Wildman–Crippen MR) is 75.6 cm³/mol. The molecule has 3 nitrogen and oxygen atoms in total. The number of rotatable bonds is 3. The van der Waals surface area contributed by atoms with Crippen molar-refractivity contribution in [2.75, 3.05) is 0 Å². The molecule has 2 aromatic rings. The smallest absolute Gasteiger partial charge is 0.165 e. The third kappa shape index (κ3) is 2.36. The van der Waals surface area contributed by atoms with E-state index < -0.39 is 0 Å². The fraction of sp³-hybridized carbons (Fsp3) is 0.250. The Labute approximate surface area is 112 Å². The van der Waals surface area contributed by atoms with Gasteiger partial charge in [-0.15, -0.1) is 0 Å². The molecule has 0 aliphatic carbocycles. The monoisotopic (exact) mass is 258 g/mol. The van der Waals surface area contributed by atoms with Crippen LogP contribution in [-0.4, -0.2) is 15.3 Å². The fourth-order valence-corrected chi connectivity index (χ4v) is 2.19. The Bertz CT molecular complexity index is 603. The van der Waals surface area contributed by atoms with Crippen LogP contribution in [0.2, 0.25) is 0 Å². The third-order valence-electron chi connectivity index (χ3n) is 3.34. The van der Waals surface area contributed by atoms with Crippen LogP contribution < -0.4 is 0 Å². The van der Waals surface area contributed by atoms with Crippen LogP contribution in [-0.2, 0) is 12.8 Å². The van der Waals surface area contributed by atoms with Gasteiger partial charge in [0, 0.05) is 11.1 Å². The molecule has 2 rings (SSSR count). The minimum absolute atomic E-state index is 0.167. The number of hydrogen-bond acceptors (Lipinski definition) is 3. The molecule has 3 N–H and O–H groups in total. The van der Waals surface area contributed by atoms with Gasteiger partial charge in [-0.3, -0.25) is 0 Å². The Balaban J connectivity index is 2.70. The van der Waals surface area contributed by atoms with Gasteiger partial charge >= 0.3 is 0 Å². The van der Waals surface area contributed by atoms with Gasteiger partial charge in [-0.05, 0) is 36.1 Å². The summed E-state index contributed by atoms with van der Waals surface area (Å²) in [5.74, 6) is -0.217. The number of phenolic OH excluding ortho intramolecular Hbond substituents is 3. The molecule has 100 valence electrons. The first-order valence-electron chi connectivity index (χ1n) is 6.44. The molecule has 0 radical (unpaired) electrons. The molecule has 0 spiro atoms. The van der Waals surface area contributed by atoms with Crippen molar-refractivity contribution in [3.8, 4) is 28.4 Å². The summed E-state index contributed by atoms with van der Waals surface area (Å²) >= 11 is 0. The maximum atomic E-state index is 10.3. The zero-order valence-electron chi connectivity index (χ0n) is 11.1. The molecular weight excluding hydrogens is 240 g/mol. The topological polar surface area (TPSA) is 60.7 Å². The van der Waals surface area contributed by atoms with Crippen molar-refractivity contribution in [1.82, 2.24) is 0 Å². The Hall–Kier alpha value is -2.16. The van der Waals surface area contributed by atoms with E-state index in [1.54, 1.807) is 12.1 Å². The molecule has 0 saturated heterocycles. The van der Waals surface area contributed by atoms with E-state index in [9.17, 15) is 15.3 Å². The van der Waals surface area contributed by atoms with Gasteiger partial charge in [0.1, 0.15) is 5.75 Å². The number of aryl methyl sites for hydroxylation is 2. The van der Waals surface area contributed by atoms with Crippen molar-refractivity contribution in [1.29, 1.82) is 0 Å². The molecule has 0 heterocycles. The SMILES string of the molecule is CCc1cc(CC)c(O)c(-c2cccc(O)c2O)c1. The van der Waals surface area contributed by atoms with Crippen molar-refractivity contribution < 1.29 is 15.3 Å². The highest BCUT2D eigenvalue weighted by Crippen LogP contribution is 2.42. The summed E-state index contributed by atoms with van der Waals surface area (Å²) in [6.07, 6.45) is 1.56. The summed E-state index contributed by atoms with van der Waals surface area (Å²) in [6, 6.07) is 8.57. The molecule has 0 saturated carbocycles. The molecule has 0 unspecified atom stereocenters. The van der Waals surface area contributed by atoms with Gasteiger partial charge in [0.25, 0.3) is 0 Å². The van der Waals surface area contributed by atoms with Crippen LogP contribution in [0.25, 0.3) is 11.1 Å². The van der Waals surface area contributed by atoms with E-state index in [0.29, 0.717) is 17.5 Å². The van der Waals surface area contributed by atoms with Gasteiger partial charge in [-0.25, -0.2) is 0 Å². The van der Waals surface area contributed by atoms with E-state index >= 15 is 0 Å². The molecule has 0 aliphatic rings. The lowest BCUT2D eigenvalue weighted by atomic mass is 9.95. The van der Waals surface area contributed by atoms with E-state index in [-0.39, 0.29) is 17.2 Å². The second kappa shape index (κ2) is 5.22. The van der Waals surface area contributed by atoms with Gasteiger partial charge in [-0.2, -0.15) is 0 Å². The van der Waals surface area contributed by atoms with Gasteiger partial charge in [0.15, 0.2) is 11.5 Å². The summed E-state index contributed by atoms with van der Waals surface area (Å²) in [4.78, 5) is 0. The molecule has 0 bridgehead atoms. The minimum atomic E-state index is -0.201. The van der Waals surface area contributed by atoms with Crippen LogP contribution in [0.3, 0.4) is 0 Å². The van der Waals surface area contributed by atoms with Gasteiger partial charge in [0.05, 0.1) is 0 Å². The van der Waals surface area contributed by atoms with Gasteiger partial charge in [-0.1, -0.05) is 32.0 Å². The lowest BCUT2D eigenvalue weighted by Gasteiger charge is -2.13. The number of hydrogen-bond donors (Lipinski definition) is 3. The second-order valence-corrected chi connectivity index (χ2v) is 4.53. The van der Waals surface area contributed by atoms with Crippen LogP contribution in [0.5, 0.6) is 17.2 Å². The van der Waals surface area contributed by atoms with Crippen molar-refractivity contribution in [2.24, 2.45) is 0 Å². The summed E-state index contributed by atoms with van der Waals surface area (Å²) in [7, 11) is 0. The van der Waals surface area contributed by atoms with E-state index in [1.165, 1.54) is 6.07 Å². The lowest BCUT2D eigenvalue weighted by Crippen LogP contribution is -1.91. The molecule has 0 atom stereocenters. The maximum absolute atomic E-state index is 10.3. The minimum Gasteiger partial charge on any atom is -0.507 e. The van der Waals surface area contributed by atoms with E-state index in [2.05, 4.69) is 0 Å². The Kier molecular flexibility index (Phi) is 3.65. The molecule has 0 amide bonds. The zero-order valence-corrected chi connectivity index (χ0v) is 11.1. The van der Waals surface area contributed by atoms with Gasteiger partial charge < -0.3 is 15.3 Å². The Morgan fingerprint density at radius 2 is 1.58 bits per heavy atom. The van der Waals surface area contributed by atoms with E-state index in [4.69, 9.17) is 0 Å². The first-order valence-corrected chi connectivity index (χ1v) is 6.44. The molecule has 0 aliphatic heterocycles. The number of aromatic hydroxyl groups is 3. The molecule has 3 heteroatoms. The highest BCUT2D eigenvalue weighted by molar-refractivity contribution is 5.79. The summed E-state index contributed by atoms with van der Waals surface area (Å²) < 4.78 is 0. The molecule has 0 aromatic heterocycles. The highest BCUT2D eigenvalue weighted by Gasteiger charge is 2.15. The highest BCUT2D eigenvalue weighted by atomic mass is 16.3. The molecule has 2 aromatic carbocycles. The maximum Gasteiger partial charge on any atom is 0.165 e. The number of para-hydroxylation sites is 1.